The Bertz CT molecular complexity index is 521. The van der Waals surface area contributed by atoms with Gasteiger partial charge in [-0.05, 0) is 48.9 Å². The van der Waals surface area contributed by atoms with E-state index in [1.165, 1.54) is 0 Å². The van der Waals surface area contributed by atoms with E-state index in [9.17, 15) is 8.42 Å². The van der Waals surface area contributed by atoms with Crippen molar-refractivity contribution in [3.8, 4) is 0 Å². The number of hydrogen-bond donors (Lipinski definition) is 3. The van der Waals surface area contributed by atoms with Crippen LogP contribution in [-0.2, 0) is 10.0 Å². The molecule has 1 aliphatic rings. The van der Waals surface area contributed by atoms with E-state index in [1.54, 1.807) is 24.3 Å². The fourth-order valence-electron chi connectivity index (χ4n) is 2.28. The number of rotatable bonds is 7. The molecule has 1 aromatic rings. The summed E-state index contributed by atoms with van der Waals surface area (Å²) in [7, 11) is -3.42. The summed E-state index contributed by atoms with van der Waals surface area (Å²) in [4.78, 5) is 0.277. The van der Waals surface area contributed by atoms with Gasteiger partial charge >= 0.3 is 0 Å². The zero-order valence-corrected chi connectivity index (χ0v) is 12.0. The highest BCUT2D eigenvalue weighted by molar-refractivity contribution is 7.89. The number of sulfonamides is 1. The van der Waals surface area contributed by atoms with Crippen LogP contribution >= 0.6 is 0 Å². The number of hydrogen-bond acceptors (Lipinski definition) is 4. The van der Waals surface area contributed by atoms with E-state index in [4.69, 9.17) is 5.84 Å². The molecule has 5 nitrogen and oxygen atoms in total. The van der Waals surface area contributed by atoms with E-state index >= 15 is 0 Å². The van der Waals surface area contributed by atoms with Gasteiger partial charge in [0.2, 0.25) is 10.0 Å². The van der Waals surface area contributed by atoms with Crippen LogP contribution in [0.4, 0.5) is 5.69 Å². The number of nitrogens with one attached hydrogen (secondary N) is 2. The Morgan fingerprint density at radius 3 is 2.37 bits per heavy atom. The van der Waals surface area contributed by atoms with Gasteiger partial charge in [0.1, 0.15) is 0 Å². The van der Waals surface area contributed by atoms with E-state index < -0.39 is 10.0 Å². The monoisotopic (exact) mass is 283 g/mol. The SMILES string of the molecule is CCCC1(CNS(=O)(=O)c2ccc(NN)cc2)CC1. The third-order valence-electron chi connectivity index (χ3n) is 3.71. The lowest BCUT2D eigenvalue weighted by molar-refractivity contribution is 0.449. The van der Waals surface area contributed by atoms with Gasteiger partial charge in [-0.1, -0.05) is 13.3 Å². The van der Waals surface area contributed by atoms with Gasteiger partial charge in [0.15, 0.2) is 0 Å². The summed E-state index contributed by atoms with van der Waals surface area (Å²) in [6, 6.07) is 6.40. The average Bonchev–Trinajstić information content (AvgIpc) is 3.18. The van der Waals surface area contributed by atoms with E-state index in [0.717, 1.165) is 25.7 Å². The van der Waals surface area contributed by atoms with Crippen molar-refractivity contribution >= 4 is 15.7 Å². The first-order valence-corrected chi connectivity index (χ1v) is 8.06. The average molecular weight is 283 g/mol. The Balaban J connectivity index is 2.01. The fraction of sp³-hybridized carbons (Fsp3) is 0.538. The van der Waals surface area contributed by atoms with E-state index in [2.05, 4.69) is 17.1 Å². The highest BCUT2D eigenvalue weighted by Crippen LogP contribution is 2.49. The zero-order chi connectivity index (χ0) is 13.9. The van der Waals surface area contributed by atoms with Crippen molar-refractivity contribution in [3.05, 3.63) is 24.3 Å². The van der Waals surface area contributed by atoms with Gasteiger partial charge in [0, 0.05) is 12.2 Å². The minimum atomic E-state index is -3.42. The maximum absolute atomic E-state index is 12.1. The lowest BCUT2D eigenvalue weighted by Gasteiger charge is -2.15. The van der Waals surface area contributed by atoms with Crippen molar-refractivity contribution in [2.75, 3.05) is 12.0 Å². The molecule has 1 aliphatic carbocycles. The summed E-state index contributed by atoms with van der Waals surface area (Å²) in [5.41, 5.74) is 3.37. The van der Waals surface area contributed by atoms with E-state index in [1.807, 2.05) is 0 Å². The number of nitrogen functional groups attached to an aromatic ring is 1. The van der Waals surface area contributed by atoms with Crippen LogP contribution in [-0.4, -0.2) is 15.0 Å². The standard InChI is InChI=1S/C13H21N3O2S/c1-2-7-13(8-9-13)10-15-19(17,18)12-5-3-11(16-14)4-6-12/h3-6,15-16H,2,7-10,14H2,1H3. The van der Waals surface area contributed by atoms with Crippen LogP contribution < -0.4 is 16.0 Å². The lowest BCUT2D eigenvalue weighted by atomic mass is 10.0. The van der Waals surface area contributed by atoms with Crippen molar-refractivity contribution in [2.24, 2.45) is 11.3 Å². The highest BCUT2D eigenvalue weighted by Gasteiger charge is 2.42. The van der Waals surface area contributed by atoms with E-state index in [0.29, 0.717) is 12.2 Å². The molecular weight excluding hydrogens is 262 g/mol. The lowest BCUT2D eigenvalue weighted by Crippen LogP contribution is -2.30. The topological polar surface area (TPSA) is 84.2 Å². The van der Waals surface area contributed by atoms with Crippen LogP contribution in [0.3, 0.4) is 0 Å². The molecule has 0 aliphatic heterocycles. The van der Waals surface area contributed by atoms with Crippen LogP contribution in [0.25, 0.3) is 0 Å². The van der Waals surface area contributed by atoms with Crippen LogP contribution in [0.15, 0.2) is 29.2 Å². The van der Waals surface area contributed by atoms with Gasteiger partial charge in [0.25, 0.3) is 0 Å². The molecule has 2 rings (SSSR count). The third-order valence-corrected chi connectivity index (χ3v) is 5.12. The molecule has 1 fully saturated rings. The van der Waals surface area contributed by atoms with Crippen LogP contribution in [0.2, 0.25) is 0 Å². The Morgan fingerprint density at radius 1 is 1.26 bits per heavy atom. The highest BCUT2D eigenvalue weighted by atomic mass is 32.2. The molecule has 0 amide bonds. The number of anilines is 1. The minimum absolute atomic E-state index is 0.209. The zero-order valence-electron chi connectivity index (χ0n) is 11.1. The first kappa shape index (κ1) is 14.3. The van der Waals surface area contributed by atoms with Gasteiger partial charge in [-0.25, -0.2) is 13.1 Å². The maximum Gasteiger partial charge on any atom is 0.240 e. The summed E-state index contributed by atoms with van der Waals surface area (Å²) in [5, 5.41) is 0. The van der Waals surface area contributed by atoms with Crippen LogP contribution in [0.5, 0.6) is 0 Å². The predicted octanol–water partition coefficient (Wildman–Crippen LogP) is 1.83. The summed E-state index contributed by atoms with van der Waals surface area (Å²) in [6.45, 7) is 2.67. The quantitative estimate of drug-likeness (QED) is 0.526. The Hall–Kier alpha value is -1.11. The van der Waals surface area contributed by atoms with Crippen molar-refractivity contribution in [1.29, 1.82) is 0 Å². The third kappa shape index (κ3) is 3.46. The second kappa shape index (κ2) is 5.48. The molecule has 0 atom stereocenters. The molecule has 6 heteroatoms. The van der Waals surface area contributed by atoms with Crippen molar-refractivity contribution < 1.29 is 8.42 Å². The molecular formula is C13H21N3O2S. The van der Waals surface area contributed by atoms with Gasteiger partial charge in [-0.15, -0.1) is 0 Å². The largest absolute Gasteiger partial charge is 0.324 e. The molecule has 0 spiro atoms. The fourth-order valence-corrected chi connectivity index (χ4v) is 3.44. The van der Waals surface area contributed by atoms with Gasteiger partial charge in [-0.2, -0.15) is 0 Å². The number of hydrazine groups is 1. The summed E-state index contributed by atoms with van der Waals surface area (Å²) < 4.78 is 27.0. The first-order chi connectivity index (χ1) is 9.01. The van der Waals surface area contributed by atoms with Crippen molar-refractivity contribution in [1.82, 2.24) is 4.72 Å². The Morgan fingerprint density at radius 2 is 1.89 bits per heavy atom. The smallest absolute Gasteiger partial charge is 0.240 e. The van der Waals surface area contributed by atoms with Crippen molar-refractivity contribution in [2.45, 2.75) is 37.5 Å². The Labute approximate surface area is 114 Å². The summed E-state index contributed by atoms with van der Waals surface area (Å²) in [6.07, 6.45) is 4.43. The Kier molecular flexibility index (Phi) is 4.13. The first-order valence-electron chi connectivity index (χ1n) is 6.58. The molecule has 0 heterocycles. The molecule has 19 heavy (non-hydrogen) atoms. The molecule has 0 unspecified atom stereocenters. The molecule has 106 valence electrons. The second-order valence-corrected chi connectivity index (χ2v) is 7.01. The molecule has 4 N–H and O–H groups in total. The summed E-state index contributed by atoms with van der Waals surface area (Å²) >= 11 is 0. The summed E-state index contributed by atoms with van der Waals surface area (Å²) in [5.74, 6) is 5.25. The normalized spacial score (nSPS) is 17.2. The number of nitrogens with two attached hydrogens (primary N) is 1. The van der Waals surface area contributed by atoms with Crippen molar-refractivity contribution in [3.63, 3.8) is 0 Å². The number of benzene rings is 1. The molecule has 0 aromatic heterocycles. The van der Waals surface area contributed by atoms with Crippen LogP contribution in [0.1, 0.15) is 32.6 Å². The molecule has 0 radical (unpaired) electrons. The van der Waals surface area contributed by atoms with Crippen LogP contribution in [0, 0.1) is 5.41 Å². The molecule has 1 saturated carbocycles. The second-order valence-electron chi connectivity index (χ2n) is 5.24. The molecule has 0 saturated heterocycles. The van der Waals surface area contributed by atoms with E-state index in [-0.39, 0.29) is 10.3 Å². The molecule has 1 aromatic carbocycles. The molecule has 0 bridgehead atoms. The van der Waals surface area contributed by atoms with Gasteiger partial charge in [0.05, 0.1) is 4.90 Å². The van der Waals surface area contributed by atoms with Gasteiger partial charge in [-0.3, -0.25) is 5.84 Å². The van der Waals surface area contributed by atoms with Gasteiger partial charge < -0.3 is 5.43 Å². The predicted molar refractivity (Wildman–Crippen MR) is 76.0 cm³/mol. The minimum Gasteiger partial charge on any atom is -0.324 e. The maximum atomic E-state index is 12.1.